The molecule has 3 rings (SSSR count). The zero-order valence-corrected chi connectivity index (χ0v) is 16.4. The van der Waals surface area contributed by atoms with E-state index >= 15 is 0 Å². The predicted molar refractivity (Wildman–Crippen MR) is 104 cm³/mol. The van der Waals surface area contributed by atoms with Crippen molar-refractivity contribution in [1.29, 1.82) is 0 Å². The van der Waals surface area contributed by atoms with Crippen LogP contribution in [0.15, 0.2) is 42.5 Å². The number of carbonyl (C=O) groups is 2. The Labute approximate surface area is 177 Å². The highest BCUT2D eigenvalue weighted by atomic mass is 19.4. The van der Waals surface area contributed by atoms with E-state index in [2.05, 4.69) is 10.3 Å². The molecule has 1 heterocycles. The number of carbonyl (C=O) groups excluding carboxylic acids is 2. The number of esters is 1. The highest BCUT2D eigenvalue weighted by Gasteiger charge is 2.38. The minimum atomic E-state index is -4.82. The van der Waals surface area contributed by atoms with E-state index in [1.807, 2.05) is 0 Å². The fourth-order valence-corrected chi connectivity index (χ4v) is 2.85. The lowest BCUT2D eigenvalue weighted by Crippen LogP contribution is -2.25. The van der Waals surface area contributed by atoms with E-state index in [0.29, 0.717) is 4.57 Å². The number of nitro groups is 1. The molecule has 0 bridgehead atoms. The van der Waals surface area contributed by atoms with E-state index in [1.54, 1.807) is 0 Å². The van der Waals surface area contributed by atoms with Crippen molar-refractivity contribution in [3.63, 3.8) is 0 Å². The number of nitrogens with one attached hydrogen (secondary N) is 1. The van der Waals surface area contributed by atoms with Gasteiger partial charge in [-0.2, -0.15) is 13.2 Å². The number of nitrogens with zero attached hydrogens (tertiary/aromatic N) is 3. The molecular formula is C19H15F3N4O6. The molecule has 168 valence electrons. The topological polar surface area (TPSA) is 126 Å². The fourth-order valence-electron chi connectivity index (χ4n) is 2.85. The van der Waals surface area contributed by atoms with Crippen molar-refractivity contribution in [3.05, 3.63) is 58.4 Å². The van der Waals surface area contributed by atoms with E-state index in [4.69, 9.17) is 9.47 Å². The number of ether oxygens (including phenoxy) is 2. The maximum Gasteiger partial charge on any atom is 0.449 e. The van der Waals surface area contributed by atoms with Crippen molar-refractivity contribution < 1.29 is 37.2 Å². The Morgan fingerprint density at radius 1 is 1.22 bits per heavy atom. The zero-order valence-electron chi connectivity index (χ0n) is 16.4. The summed E-state index contributed by atoms with van der Waals surface area (Å²) in [5.74, 6) is -3.14. The predicted octanol–water partition coefficient (Wildman–Crippen LogP) is 3.15. The number of halogens is 3. The molecule has 3 aromatic rings. The van der Waals surface area contributed by atoms with Crippen LogP contribution >= 0.6 is 0 Å². The molecule has 0 aliphatic heterocycles. The Kier molecular flexibility index (Phi) is 6.27. The molecule has 0 unspecified atom stereocenters. The number of amides is 1. The molecule has 0 atom stereocenters. The number of benzene rings is 2. The van der Waals surface area contributed by atoms with Crippen LogP contribution in [0.4, 0.5) is 24.5 Å². The molecule has 0 spiro atoms. The number of rotatable bonds is 7. The Morgan fingerprint density at radius 2 is 1.94 bits per heavy atom. The zero-order chi connectivity index (χ0) is 23.5. The quantitative estimate of drug-likeness (QED) is 0.332. The van der Waals surface area contributed by atoms with Crippen molar-refractivity contribution in [3.8, 4) is 5.75 Å². The summed E-state index contributed by atoms with van der Waals surface area (Å²) in [6, 6.07) is 9.40. The van der Waals surface area contributed by atoms with E-state index < -0.39 is 47.6 Å². The molecule has 0 fully saturated rings. The second kappa shape index (κ2) is 8.91. The van der Waals surface area contributed by atoms with Crippen LogP contribution in [0.25, 0.3) is 11.0 Å². The third-order valence-electron chi connectivity index (χ3n) is 4.24. The Morgan fingerprint density at radius 3 is 2.59 bits per heavy atom. The SMILES string of the molecule is COc1ccc(NC(=O)COC(=O)Cn2c(C(F)(F)F)nc3ccccc32)c([N+](=O)[O-])c1. The highest BCUT2D eigenvalue weighted by molar-refractivity contribution is 5.95. The number of anilines is 1. The third-order valence-corrected chi connectivity index (χ3v) is 4.24. The molecule has 1 N–H and O–H groups in total. The summed E-state index contributed by atoms with van der Waals surface area (Å²) < 4.78 is 50.1. The van der Waals surface area contributed by atoms with Crippen LogP contribution in [0.3, 0.4) is 0 Å². The van der Waals surface area contributed by atoms with Gasteiger partial charge < -0.3 is 19.4 Å². The molecule has 0 saturated heterocycles. The van der Waals surface area contributed by atoms with Crippen LogP contribution in [0, 0.1) is 10.1 Å². The second-order valence-corrected chi connectivity index (χ2v) is 6.36. The van der Waals surface area contributed by atoms with Crippen molar-refractivity contribution in [2.24, 2.45) is 0 Å². The van der Waals surface area contributed by atoms with Gasteiger partial charge in [-0.15, -0.1) is 0 Å². The number of imidazole rings is 1. The van der Waals surface area contributed by atoms with Crippen LogP contribution in [0.1, 0.15) is 5.82 Å². The largest absolute Gasteiger partial charge is 0.496 e. The lowest BCUT2D eigenvalue weighted by molar-refractivity contribution is -0.384. The molecule has 10 nitrogen and oxygen atoms in total. The van der Waals surface area contributed by atoms with E-state index in [1.165, 1.54) is 43.5 Å². The van der Waals surface area contributed by atoms with E-state index in [-0.39, 0.29) is 22.5 Å². The average Bonchev–Trinajstić information content (AvgIpc) is 3.11. The van der Waals surface area contributed by atoms with Gasteiger partial charge in [0.25, 0.3) is 11.6 Å². The molecule has 0 aliphatic carbocycles. The number of para-hydroxylation sites is 2. The molecular weight excluding hydrogens is 437 g/mol. The molecule has 2 aromatic carbocycles. The van der Waals surface area contributed by atoms with Crippen LogP contribution < -0.4 is 10.1 Å². The van der Waals surface area contributed by atoms with Gasteiger partial charge >= 0.3 is 12.1 Å². The molecule has 1 aromatic heterocycles. The van der Waals surface area contributed by atoms with Gasteiger partial charge in [0.2, 0.25) is 5.82 Å². The Bertz CT molecular complexity index is 1190. The molecule has 0 aliphatic rings. The second-order valence-electron chi connectivity index (χ2n) is 6.36. The summed E-state index contributed by atoms with van der Waals surface area (Å²) in [4.78, 5) is 38.1. The first-order chi connectivity index (χ1) is 15.1. The van der Waals surface area contributed by atoms with Gasteiger partial charge in [0.15, 0.2) is 6.61 Å². The first-order valence-corrected chi connectivity index (χ1v) is 8.90. The first kappa shape index (κ1) is 22.5. The van der Waals surface area contributed by atoms with Gasteiger partial charge in [-0.1, -0.05) is 12.1 Å². The summed E-state index contributed by atoms with van der Waals surface area (Å²) in [7, 11) is 1.31. The number of methoxy groups -OCH3 is 1. The van der Waals surface area contributed by atoms with Crippen molar-refractivity contribution >= 4 is 34.3 Å². The molecule has 13 heteroatoms. The minimum absolute atomic E-state index is 0.0391. The van der Waals surface area contributed by atoms with Crippen molar-refractivity contribution in [1.82, 2.24) is 9.55 Å². The number of aromatic nitrogens is 2. The van der Waals surface area contributed by atoms with Crippen LogP contribution in [0.5, 0.6) is 5.75 Å². The smallest absolute Gasteiger partial charge is 0.449 e. The lowest BCUT2D eigenvalue weighted by atomic mass is 10.2. The molecule has 1 amide bonds. The number of fused-ring (bicyclic) bond motifs is 1. The van der Waals surface area contributed by atoms with Gasteiger partial charge in [0.05, 0.1) is 29.1 Å². The fraction of sp³-hybridized carbons (Fsp3) is 0.211. The molecule has 0 radical (unpaired) electrons. The first-order valence-electron chi connectivity index (χ1n) is 8.90. The summed E-state index contributed by atoms with van der Waals surface area (Å²) in [5, 5.41) is 13.4. The maximum absolute atomic E-state index is 13.3. The maximum atomic E-state index is 13.3. The summed E-state index contributed by atoms with van der Waals surface area (Å²) in [5.41, 5.74) is -0.521. The Hall–Kier alpha value is -4.16. The van der Waals surface area contributed by atoms with Crippen LogP contribution in [-0.2, 0) is 27.0 Å². The molecule has 0 saturated carbocycles. The van der Waals surface area contributed by atoms with E-state index in [0.717, 1.165) is 6.07 Å². The van der Waals surface area contributed by atoms with Gasteiger partial charge in [-0.05, 0) is 24.3 Å². The normalized spacial score (nSPS) is 11.2. The number of hydrogen-bond donors (Lipinski definition) is 1. The monoisotopic (exact) mass is 452 g/mol. The van der Waals surface area contributed by atoms with Crippen molar-refractivity contribution in [2.45, 2.75) is 12.7 Å². The minimum Gasteiger partial charge on any atom is -0.496 e. The lowest BCUT2D eigenvalue weighted by Gasteiger charge is -2.11. The van der Waals surface area contributed by atoms with Gasteiger partial charge in [-0.3, -0.25) is 19.7 Å². The number of nitro benzene ring substituents is 1. The van der Waals surface area contributed by atoms with Crippen LogP contribution in [0.2, 0.25) is 0 Å². The summed E-state index contributed by atoms with van der Waals surface area (Å²) in [6.07, 6.45) is -4.82. The van der Waals surface area contributed by atoms with Gasteiger partial charge in [-0.25, -0.2) is 4.98 Å². The van der Waals surface area contributed by atoms with Crippen LogP contribution in [-0.4, -0.2) is 40.1 Å². The van der Waals surface area contributed by atoms with Gasteiger partial charge in [0.1, 0.15) is 18.0 Å². The third kappa shape index (κ3) is 4.94. The molecule has 32 heavy (non-hydrogen) atoms. The standard InChI is InChI=1S/C19H15F3N4O6/c1-31-11-6-7-13(15(8-11)26(29)30)23-16(27)10-32-17(28)9-25-14-5-3-2-4-12(14)24-18(25)19(20,21)22/h2-8H,9-10H2,1H3,(H,23,27). The van der Waals surface area contributed by atoms with Gasteiger partial charge in [0, 0.05) is 0 Å². The summed E-state index contributed by atoms with van der Waals surface area (Å²) >= 11 is 0. The highest BCUT2D eigenvalue weighted by Crippen LogP contribution is 2.31. The van der Waals surface area contributed by atoms with E-state index in [9.17, 15) is 32.9 Å². The number of hydrogen-bond acceptors (Lipinski definition) is 7. The number of alkyl halides is 3. The summed E-state index contributed by atoms with van der Waals surface area (Å²) in [6.45, 7) is -1.71. The van der Waals surface area contributed by atoms with Crippen molar-refractivity contribution in [2.75, 3.05) is 19.0 Å². The Balaban J connectivity index is 1.69. The average molecular weight is 452 g/mol.